The highest BCUT2D eigenvalue weighted by atomic mass is 16.5. The molecule has 4 amide bonds. The summed E-state index contributed by atoms with van der Waals surface area (Å²) >= 11 is 0. The Balaban J connectivity index is 1.72. The normalized spacial score (nSPS) is 15.1. The van der Waals surface area contributed by atoms with Gasteiger partial charge in [0.05, 0.1) is 7.11 Å². The number of carbonyl (C=O) groups excluding carboxylic acids is 4. The number of methoxy groups -OCH3 is 1. The van der Waals surface area contributed by atoms with Crippen LogP contribution >= 0.6 is 0 Å². The monoisotopic (exact) mass is 405 g/mol. The van der Waals surface area contributed by atoms with Crippen LogP contribution in [0.4, 0.5) is 4.79 Å². The molecule has 0 unspecified atom stereocenters. The van der Waals surface area contributed by atoms with Crippen molar-refractivity contribution in [2.45, 2.75) is 38.6 Å². The van der Waals surface area contributed by atoms with E-state index in [-0.39, 0.29) is 0 Å². The van der Waals surface area contributed by atoms with Crippen LogP contribution in [0.15, 0.2) is 24.3 Å². The standard InChI is InChI=1S/C20H27N3O6/c1-4-20(5-2)18(26)23(19(27)22-20)12-17(25)29-13-16(24)21-11-10-14-6-8-15(28-3)9-7-14/h6-9H,4-5,10-13H2,1-3H3,(H,21,24)(H,22,27). The summed E-state index contributed by atoms with van der Waals surface area (Å²) in [5.41, 5.74) is 0.0490. The van der Waals surface area contributed by atoms with Gasteiger partial charge in [0.1, 0.15) is 17.8 Å². The van der Waals surface area contributed by atoms with E-state index in [0.29, 0.717) is 25.8 Å². The molecule has 0 saturated carbocycles. The first-order valence-electron chi connectivity index (χ1n) is 9.54. The Kier molecular flexibility index (Phi) is 7.58. The van der Waals surface area contributed by atoms with Gasteiger partial charge < -0.3 is 20.1 Å². The van der Waals surface area contributed by atoms with Crippen LogP contribution in [0.5, 0.6) is 5.75 Å². The van der Waals surface area contributed by atoms with Gasteiger partial charge in [0.25, 0.3) is 11.8 Å². The van der Waals surface area contributed by atoms with E-state index in [1.807, 2.05) is 24.3 Å². The van der Waals surface area contributed by atoms with E-state index in [9.17, 15) is 19.2 Å². The van der Waals surface area contributed by atoms with Crippen LogP contribution in [-0.2, 0) is 25.5 Å². The van der Waals surface area contributed by atoms with Gasteiger partial charge in [-0.25, -0.2) is 4.79 Å². The number of ether oxygens (including phenoxy) is 2. The Bertz CT molecular complexity index is 758. The molecule has 0 radical (unpaired) electrons. The fraction of sp³-hybridized carbons (Fsp3) is 0.500. The van der Waals surface area contributed by atoms with Crippen molar-refractivity contribution in [3.05, 3.63) is 29.8 Å². The molecule has 1 aliphatic rings. The van der Waals surface area contributed by atoms with E-state index in [1.54, 1.807) is 21.0 Å². The van der Waals surface area contributed by atoms with Crippen molar-refractivity contribution in [2.24, 2.45) is 0 Å². The van der Waals surface area contributed by atoms with Gasteiger partial charge in [-0.2, -0.15) is 0 Å². The molecule has 0 aliphatic carbocycles. The molecule has 1 aromatic carbocycles. The third-order valence-corrected chi connectivity index (χ3v) is 5.00. The van der Waals surface area contributed by atoms with Gasteiger partial charge in [0.2, 0.25) is 0 Å². The smallest absolute Gasteiger partial charge is 0.326 e. The number of esters is 1. The summed E-state index contributed by atoms with van der Waals surface area (Å²) in [6.45, 7) is 2.97. The van der Waals surface area contributed by atoms with Crippen LogP contribution in [0, 0.1) is 0 Å². The third-order valence-electron chi connectivity index (χ3n) is 5.00. The molecule has 1 heterocycles. The molecule has 29 heavy (non-hydrogen) atoms. The van der Waals surface area contributed by atoms with Crippen molar-refractivity contribution in [2.75, 3.05) is 26.8 Å². The molecule has 9 nitrogen and oxygen atoms in total. The van der Waals surface area contributed by atoms with Crippen molar-refractivity contribution in [1.29, 1.82) is 0 Å². The van der Waals surface area contributed by atoms with Crippen molar-refractivity contribution < 1.29 is 28.7 Å². The first-order valence-corrected chi connectivity index (χ1v) is 9.54. The van der Waals surface area contributed by atoms with E-state index >= 15 is 0 Å². The van der Waals surface area contributed by atoms with Crippen LogP contribution < -0.4 is 15.4 Å². The number of carbonyl (C=O) groups is 4. The fourth-order valence-electron chi connectivity index (χ4n) is 3.06. The van der Waals surface area contributed by atoms with Gasteiger partial charge in [-0.1, -0.05) is 26.0 Å². The lowest BCUT2D eigenvalue weighted by atomic mass is 9.93. The summed E-state index contributed by atoms with van der Waals surface area (Å²) < 4.78 is 9.97. The van der Waals surface area contributed by atoms with Gasteiger partial charge in [-0.3, -0.25) is 19.3 Å². The third kappa shape index (κ3) is 5.46. The van der Waals surface area contributed by atoms with Gasteiger partial charge in [-0.15, -0.1) is 0 Å². The molecule has 2 rings (SSSR count). The van der Waals surface area contributed by atoms with Crippen LogP contribution in [0.25, 0.3) is 0 Å². The number of urea groups is 1. The Morgan fingerprint density at radius 2 is 1.79 bits per heavy atom. The summed E-state index contributed by atoms with van der Waals surface area (Å²) in [6.07, 6.45) is 1.47. The average Bonchev–Trinajstić information content (AvgIpc) is 2.97. The summed E-state index contributed by atoms with van der Waals surface area (Å²) in [4.78, 5) is 49.1. The predicted octanol–water partition coefficient (Wildman–Crippen LogP) is 1.01. The van der Waals surface area contributed by atoms with Crippen molar-refractivity contribution in [3.63, 3.8) is 0 Å². The highest BCUT2D eigenvalue weighted by Crippen LogP contribution is 2.24. The van der Waals surface area contributed by atoms with Crippen LogP contribution in [0.2, 0.25) is 0 Å². The van der Waals surface area contributed by atoms with Crippen LogP contribution in [-0.4, -0.2) is 61.1 Å². The molecule has 0 aromatic heterocycles. The van der Waals surface area contributed by atoms with Gasteiger partial charge >= 0.3 is 12.0 Å². The second-order valence-electron chi connectivity index (χ2n) is 6.72. The van der Waals surface area contributed by atoms with E-state index in [0.717, 1.165) is 16.2 Å². The van der Waals surface area contributed by atoms with E-state index in [4.69, 9.17) is 9.47 Å². The summed E-state index contributed by atoms with van der Waals surface area (Å²) in [7, 11) is 1.59. The Labute approximate surface area is 169 Å². The predicted molar refractivity (Wildman–Crippen MR) is 104 cm³/mol. The lowest BCUT2D eigenvalue weighted by Gasteiger charge is -2.22. The van der Waals surface area contributed by atoms with Gasteiger partial charge in [0.15, 0.2) is 6.61 Å². The number of amides is 4. The maximum Gasteiger partial charge on any atom is 0.326 e. The SMILES string of the molecule is CCC1(CC)NC(=O)N(CC(=O)OCC(=O)NCCc2ccc(OC)cc2)C1=O. The first kappa shape index (κ1) is 22.2. The summed E-state index contributed by atoms with van der Waals surface area (Å²) in [5.74, 6) is -0.972. The summed E-state index contributed by atoms with van der Waals surface area (Å²) in [6, 6.07) is 6.84. The molecule has 1 aliphatic heterocycles. The number of hydrogen-bond acceptors (Lipinski definition) is 6. The minimum Gasteiger partial charge on any atom is -0.497 e. The highest BCUT2D eigenvalue weighted by Gasteiger charge is 2.49. The molecule has 1 aromatic rings. The van der Waals surface area contributed by atoms with Crippen LogP contribution in [0.3, 0.4) is 0 Å². The van der Waals surface area contributed by atoms with Gasteiger partial charge in [-0.05, 0) is 37.0 Å². The minimum absolute atomic E-state index is 0.380. The van der Waals surface area contributed by atoms with Crippen molar-refractivity contribution in [1.82, 2.24) is 15.5 Å². The molecule has 1 fully saturated rings. The van der Waals surface area contributed by atoms with E-state index in [2.05, 4.69) is 10.6 Å². The molecule has 0 spiro atoms. The van der Waals surface area contributed by atoms with E-state index in [1.165, 1.54) is 0 Å². The fourth-order valence-corrected chi connectivity index (χ4v) is 3.06. The van der Waals surface area contributed by atoms with Crippen LogP contribution in [0.1, 0.15) is 32.3 Å². The van der Waals surface area contributed by atoms with Gasteiger partial charge in [0, 0.05) is 6.54 Å². The van der Waals surface area contributed by atoms with Crippen molar-refractivity contribution >= 4 is 23.8 Å². The Hall–Kier alpha value is -3.10. The number of nitrogens with zero attached hydrogens (tertiary/aromatic N) is 1. The lowest BCUT2D eigenvalue weighted by molar-refractivity contribution is -0.151. The molecule has 0 bridgehead atoms. The largest absolute Gasteiger partial charge is 0.497 e. The Morgan fingerprint density at radius 3 is 2.34 bits per heavy atom. The highest BCUT2D eigenvalue weighted by molar-refractivity contribution is 6.08. The second kappa shape index (κ2) is 9.90. The summed E-state index contributed by atoms with van der Waals surface area (Å²) in [5, 5.41) is 5.28. The molecule has 9 heteroatoms. The molecule has 0 atom stereocenters. The Morgan fingerprint density at radius 1 is 1.14 bits per heavy atom. The number of imide groups is 1. The zero-order chi connectivity index (χ0) is 21.4. The molecular weight excluding hydrogens is 378 g/mol. The zero-order valence-corrected chi connectivity index (χ0v) is 16.9. The topological polar surface area (TPSA) is 114 Å². The molecular formula is C20H27N3O6. The number of nitrogens with one attached hydrogen (secondary N) is 2. The second-order valence-corrected chi connectivity index (χ2v) is 6.72. The first-order chi connectivity index (χ1) is 13.8. The minimum atomic E-state index is -0.976. The molecule has 158 valence electrons. The zero-order valence-electron chi connectivity index (χ0n) is 16.9. The van der Waals surface area contributed by atoms with E-state index < -0.39 is 42.5 Å². The molecule has 1 saturated heterocycles. The molecule has 2 N–H and O–H groups in total. The average molecular weight is 405 g/mol. The maximum absolute atomic E-state index is 12.4. The van der Waals surface area contributed by atoms with Crippen molar-refractivity contribution in [3.8, 4) is 5.75 Å². The lowest BCUT2D eigenvalue weighted by Crippen LogP contribution is -2.46. The number of rotatable bonds is 10. The number of hydrogen-bond donors (Lipinski definition) is 2. The number of benzene rings is 1. The maximum atomic E-state index is 12.4. The quantitative estimate of drug-likeness (QED) is 0.444.